The Hall–Kier alpha value is -2.14. The highest BCUT2D eigenvalue weighted by molar-refractivity contribution is 7.19. The molecule has 1 N–H and O–H groups in total. The topological polar surface area (TPSA) is 49.0 Å². The number of thiophene rings is 1. The van der Waals surface area contributed by atoms with Gasteiger partial charge in [-0.15, -0.1) is 11.3 Å². The summed E-state index contributed by atoms with van der Waals surface area (Å²) >= 11 is 1.75. The lowest BCUT2D eigenvalue weighted by Crippen LogP contribution is -2.36. The van der Waals surface area contributed by atoms with Crippen molar-refractivity contribution in [3.05, 3.63) is 52.4 Å². The number of rotatable bonds is 2. The van der Waals surface area contributed by atoms with E-state index < -0.39 is 0 Å². The van der Waals surface area contributed by atoms with Gasteiger partial charge in [0.05, 0.1) is 24.1 Å². The molecule has 0 fully saturated rings. The lowest BCUT2D eigenvalue weighted by Gasteiger charge is -2.26. The third-order valence-electron chi connectivity index (χ3n) is 4.05. The van der Waals surface area contributed by atoms with Gasteiger partial charge in [0.15, 0.2) is 0 Å². The first-order valence-electron chi connectivity index (χ1n) is 7.02. The van der Waals surface area contributed by atoms with Crippen molar-refractivity contribution in [2.75, 3.05) is 6.54 Å². The van der Waals surface area contributed by atoms with Gasteiger partial charge in [0.2, 0.25) is 0 Å². The normalized spacial score (nSPS) is 14.7. The molecule has 3 aromatic rings. The summed E-state index contributed by atoms with van der Waals surface area (Å²) in [6, 6.07) is 8.17. The van der Waals surface area contributed by atoms with Crippen molar-refractivity contribution in [2.24, 2.45) is 0 Å². The number of aromatic nitrogens is 2. The largest absolute Gasteiger partial charge is 0.348 e. The second kappa shape index (κ2) is 4.70. The maximum Gasteiger partial charge on any atom is 0.255 e. The van der Waals surface area contributed by atoms with Crippen LogP contribution in [0.25, 0.3) is 10.1 Å². The van der Waals surface area contributed by atoms with Crippen LogP contribution in [-0.2, 0) is 13.0 Å². The van der Waals surface area contributed by atoms with Crippen molar-refractivity contribution in [3.63, 3.8) is 0 Å². The standard InChI is InChI=1S/C16H15N3OS/c1-10-12(18-9-17-10)8-19-7-6-14-15(16(19)20)11-4-2-3-5-13(11)21-14/h2-5,9H,6-8H2,1H3,(H,17,18). The summed E-state index contributed by atoms with van der Waals surface area (Å²) < 4.78 is 1.20. The average molecular weight is 297 g/mol. The number of hydrogen-bond donors (Lipinski definition) is 1. The number of hydrogen-bond acceptors (Lipinski definition) is 3. The molecule has 0 aliphatic carbocycles. The van der Waals surface area contributed by atoms with Crippen molar-refractivity contribution >= 4 is 27.3 Å². The van der Waals surface area contributed by atoms with Gasteiger partial charge in [-0.1, -0.05) is 18.2 Å². The molecular weight excluding hydrogens is 282 g/mol. The first-order chi connectivity index (χ1) is 10.2. The van der Waals surface area contributed by atoms with Gasteiger partial charge in [-0.3, -0.25) is 4.79 Å². The maximum absolute atomic E-state index is 12.8. The van der Waals surface area contributed by atoms with Crippen molar-refractivity contribution in [2.45, 2.75) is 19.9 Å². The molecule has 1 aliphatic heterocycles. The summed E-state index contributed by atoms with van der Waals surface area (Å²) in [6.07, 6.45) is 2.62. The fourth-order valence-electron chi connectivity index (χ4n) is 2.88. The summed E-state index contributed by atoms with van der Waals surface area (Å²) in [4.78, 5) is 23.3. The van der Waals surface area contributed by atoms with Gasteiger partial charge in [0, 0.05) is 33.6 Å². The fraction of sp³-hybridized carbons (Fsp3) is 0.250. The monoisotopic (exact) mass is 297 g/mol. The molecule has 1 aliphatic rings. The van der Waals surface area contributed by atoms with Crippen LogP contribution in [0, 0.1) is 6.92 Å². The Morgan fingerprint density at radius 3 is 3.05 bits per heavy atom. The minimum atomic E-state index is 0.135. The molecule has 0 atom stereocenters. The zero-order valence-corrected chi connectivity index (χ0v) is 12.5. The number of aromatic amines is 1. The van der Waals surface area contributed by atoms with E-state index in [9.17, 15) is 4.79 Å². The summed E-state index contributed by atoms with van der Waals surface area (Å²) in [6.45, 7) is 3.34. The van der Waals surface area contributed by atoms with Crippen molar-refractivity contribution < 1.29 is 4.79 Å². The molecule has 1 aromatic carbocycles. The van der Waals surface area contributed by atoms with Gasteiger partial charge < -0.3 is 9.88 Å². The highest BCUT2D eigenvalue weighted by Crippen LogP contribution is 2.35. The number of imidazole rings is 1. The zero-order valence-electron chi connectivity index (χ0n) is 11.7. The van der Waals surface area contributed by atoms with Crippen LogP contribution in [0.5, 0.6) is 0 Å². The number of fused-ring (bicyclic) bond motifs is 3. The van der Waals surface area contributed by atoms with E-state index in [4.69, 9.17) is 0 Å². The van der Waals surface area contributed by atoms with Crippen LogP contribution < -0.4 is 0 Å². The lowest BCUT2D eigenvalue weighted by atomic mass is 10.0. The van der Waals surface area contributed by atoms with E-state index in [0.29, 0.717) is 6.54 Å². The first-order valence-corrected chi connectivity index (χ1v) is 7.84. The molecule has 3 heterocycles. The second-order valence-corrected chi connectivity index (χ2v) is 6.48. The molecule has 5 heteroatoms. The molecule has 0 saturated carbocycles. The van der Waals surface area contributed by atoms with Gasteiger partial charge in [-0.25, -0.2) is 4.98 Å². The summed E-state index contributed by atoms with van der Waals surface area (Å²) in [7, 11) is 0. The molecule has 0 spiro atoms. The Kier molecular flexibility index (Phi) is 2.82. The maximum atomic E-state index is 12.8. The van der Waals surface area contributed by atoms with E-state index >= 15 is 0 Å². The van der Waals surface area contributed by atoms with Crippen LogP contribution in [0.3, 0.4) is 0 Å². The summed E-state index contributed by atoms with van der Waals surface area (Å²) in [5.74, 6) is 0.135. The van der Waals surface area contributed by atoms with E-state index in [1.54, 1.807) is 17.7 Å². The molecule has 0 radical (unpaired) electrons. The Balaban J connectivity index is 1.73. The predicted octanol–water partition coefficient (Wildman–Crippen LogP) is 3.13. The van der Waals surface area contributed by atoms with Gasteiger partial charge in [0.1, 0.15) is 0 Å². The Bertz CT molecular complexity index is 833. The molecule has 106 valence electrons. The summed E-state index contributed by atoms with van der Waals surface area (Å²) in [5, 5.41) is 1.09. The third kappa shape index (κ3) is 1.96. The molecule has 21 heavy (non-hydrogen) atoms. The van der Waals surface area contributed by atoms with E-state index in [2.05, 4.69) is 16.0 Å². The van der Waals surface area contributed by atoms with E-state index in [1.807, 2.05) is 30.0 Å². The van der Waals surface area contributed by atoms with E-state index in [1.165, 1.54) is 9.58 Å². The third-order valence-corrected chi connectivity index (χ3v) is 5.28. The van der Waals surface area contributed by atoms with Gasteiger partial charge in [-0.2, -0.15) is 0 Å². The Morgan fingerprint density at radius 2 is 2.24 bits per heavy atom. The van der Waals surface area contributed by atoms with Crippen LogP contribution in [0.15, 0.2) is 30.6 Å². The number of aryl methyl sites for hydroxylation is 1. The van der Waals surface area contributed by atoms with Crippen molar-refractivity contribution in [1.29, 1.82) is 0 Å². The Morgan fingerprint density at radius 1 is 1.38 bits per heavy atom. The molecule has 0 saturated heterocycles. The number of nitrogens with zero attached hydrogens (tertiary/aromatic N) is 2. The van der Waals surface area contributed by atoms with Crippen LogP contribution in [-0.4, -0.2) is 27.3 Å². The number of carbonyl (C=O) groups excluding carboxylic acids is 1. The minimum Gasteiger partial charge on any atom is -0.348 e. The predicted molar refractivity (Wildman–Crippen MR) is 83.6 cm³/mol. The number of nitrogens with one attached hydrogen (secondary N) is 1. The Labute approximate surface area is 126 Å². The van der Waals surface area contributed by atoms with E-state index in [0.717, 1.165) is 35.3 Å². The molecule has 4 nitrogen and oxygen atoms in total. The zero-order chi connectivity index (χ0) is 14.4. The van der Waals surface area contributed by atoms with Crippen molar-refractivity contribution in [1.82, 2.24) is 14.9 Å². The van der Waals surface area contributed by atoms with Crippen molar-refractivity contribution in [3.8, 4) is 0 Å². The summed E-state index contributed by atoms with van der Waals surface area (Å²) in [5.41, 5.74) is 2.88. The molecule has 1 amide bonds. The average Bonchev–Trinajstić information content (AvgIpc) is 3.06. The highest BCUT2D eigenvalue weighted by atomic mass is 32.1. The minimum absolute atomic E-state index is 0.135. The molecule has 2 aromatic heterocycles. The number of H-pyrrole nitrogens is 1. The van der Waals surface area contributed by atoms with Crippen LogP contribution in [0.1, 0.15) is 26.6 Å². The SMILES string of the molecule is Cc1[nH]cnc1CN1CCc2sc3ccccc3c2C1=O. The second-order valence-electron chi connectivity index (χ2n) is 5.35. The molecule has 0 bridgehead atoms. The first kappa shape index (κ1) is 12.6. The van der Waals surface area contributed by atoms with Crippen LogP contribution in [0.4, 0.5) is 0 Å². The van der Waals surface area contributed by atoms with E-state index in [-0.39, 0.29) is 5.91 Å². The number of amides is 1. The van der Waals surface area contributed by atoms with Gasteiger partial charge in [0.25, 0.3) is 5.91 Å². The molecule has 4 rings (SSSR count). The molecular formula is C16H15N3OS. The smallest absolute Gasteiger partial charge is 0.255 e. The van der Waals surface area contributed by atoms with Crippen LogP contribution in [0.2, 0.25) is 0 Å². The van der Waals surface area contributed by atoms with Gasteiger partial charge >= 0.3 is 0 Å². The number of benzene rings is 1. The number of carbonyl (C=O) groups is 1. The highest BCUT2D eigenvalue weighted by Gasteiger charge is 2.28. The lowest BCUT2D eigenvalue weighted by molar-refractivity contribution is 0.0729. The molecule has 0 unspecified atom stereocenters. The van der Waals surface area contributed by atoms with Crippen LogP contribution >= 0.6 is 11.3 Å². The quantitative estimate of drug-likeness (QED) is 0.790. The fourth-order valence-corrected chi connectivity index (χ4v) is 4.07. The van der Waals surface area contributed by atoms with Gasteiger partial charge in [-0.05, 0) is 13.0 Å².